The molecule has 1 aromatic heterocycles. The molecule has 346 valence electrons. The number of thiol groups is 1. The van der Waals surface area contributed by atoms with Crippen LogP contribution in [0, 0.1) is 0 Å². The van der Waals surface area contributed by atoms with Gasteiger partial charge in [0.05, 0.1) is 0 Å². The molecule has 2 nitrogen and oxygen atoms in total. The average Bonchev–Trinajstić information content (AvgIpc) is 3.94. The molecule has 0 saturated heterocycles. The van der Waals surface area contributed by atoms with Crippen LogP contribution in [-0.2, 0) is 5.41 Å². The van der Waals surface area contributed by atoms with Gasteiger partial charge in [0.1, 0.15) is 0 Å². The molecule has 12 aromatic rings. The van der Waals surface area contributed by atoms with E-state index < -0.39 is 0 Å². The van der Waals surface area contributed by atoms with Crippen molar-refractivity contribution < 1.29 is 0 Å². The Labute approximate surface area is 433 Å². The first kappa shape index (κ1) is 45.4. The van der Waals surface area contributed by atoms with Gasteiger partial charge in [-0.1, -0.05) is 198 Å². The molecule has 13 rings (SSSR count). The number of thiophene rings is 1. The number of anilines is 6. The number of hydrogen-bond acceptors (Lipinski definition) is 4. The van der Waals surface area contributed by atoms with E-state index >= 15 is 0 Å². The molecule has 0 saturated carbocycles. The third kappa shape index (κ3) is 8.07. The number of hydrogen-bond donors (Lipinski definition) is 1. The highest BCUT2D eigenvalue weighted by Gasteiger charge is 2.36. The zero-order valence-electron chi connectivity index (χ0n) is 40.1. The van der Waals surface area contributed by atoms with Crippen LogP contribution >= 0.6 is 32.0 Å². The lowest BCUT2D eigenvalue weighted by molar-refractivity contribution is 0.661. The molecule has 1 aliphatic carbocycles. The molecule has 0 amide bonds. The summed E-state index contributed by atoms with van der Waals surface area (Å²) in [5.41, 5.74) is 18.9. The Hall–Kier alpha value is -7.72. The highest BCUT2D eigenvalue weighted by molar-refractivity contribution is 8.31. The van der Waals surface area contributed by atoms with Crippen LogP contribution in [0.4, 0.5) is 34.1 Å². The molecular weight excluding hydrogens is 928 g/mol. The maximum atomic E-state index is 3.44. The van der Waals surface area contributed by atoms with Gasteiger partial charge < -0.3 is 9.80 Å². The van der Waals surface area contributed by atoms with Crippen LogP contribution in [0.25, 0.3) is 75.5 Å². The number of fused-ring (bicyclic) bond motifs is 8. The zero-order valence-corrected chi connectivity index (χ0v) is 42.9. The van der Waals surface area contributed by atoms with E-state index in [0.717, 1.165) is 39.7 Å². The molecule has 0 spiro atoms. The quantitative estimate of drug-likeness (QED) is 0.114. The van der Waals surface area contributed by atoms with Crippen molar-refractivity contribution in [2.75, 3.05) is 9.80 Å². The molecule has 0 radical (unpaired) electrons. The predicted octanol–water partition coefficient (Wildman–Crippen LogP) is 20.2. The first-order valence-electron chi connectivity index (χ1n) is 24.4. The van der Waals surface area contributed by atoms with Crippen LogP contribution in [0.15, 0.2) is 255 Å². The van der Waals surface area contributed by atoms with Crippen LogP contribution in [0.2, 0.25) is 0 Å². The van der Waals surface area contributed by atoms with Crippen molar-refractivity contribution in [3.05, 3.63) is 266 Å². The van der Waals surface area contributed by atoms with Crippen LogP contribution in [0.5, 0.6) is 0 Å². The monoisotopic (exact) mass is 978 g/mol. The second kappa shape index (κ2) is 19.1. The fraction of sp³-hybridized carbons (Fsp3) is 0.0448. The first-order valence-corrected chi connectivity index (χ1v) is 27.3. The molecule has 0 bridgehead atoms. The Bertz CT molecular complexity index is 3910. The van der Waals surface area contributed by atoms with Crippen molar-refractivity contribution in [2.24, 2.45) is 0 Å². The second-order valence-electron chi connectivity index (χ2n) is 18.9. The maximum Gasteiger partial charge on any atom is 0.0488 e. The molecule has 1 atom stereocenters. The molecule has 72 heavy (non-hydrogen) atoms. The summed E-state index contributed by atoms with van der Waals surface area (Å²) >= 11 is 5.32. The van der Waals surface area contributed by atoms with Crippen molar-refractivity contribution in [3.63, 3.8) is 0 Å². The van der Waals surface area contributed by atoms with Crippen molar-refractivity contribution in [1.82, 2.24) is 0 Å². The molecule has 5 heteroatoms. The summed E-state index contributed by atoms with van der Waals surface area (Å²) in [5.74, 6) is 0. The van der Waals surface area contributed by atoms with Crippen molar-refractivity contribution >= 4 is 97.1 Å². The first-order chi connectivity index (χ1) is 35.5. The van der Waals surface area contributed by atoms with E-state index in [2.05, 4.69) is 299 Å². The van der Waals surface area contributed by atoms with E-state index in [-0.39, 0.29) is 5.41 Å². The molecular formula is C67H51N2PS2. The maximum absolute atomic E-state index is 3.44. The number of rotatable bonds is 9. The molecule has 1 unspecified atom stereocenters. The normalized spacial score (nSPS) is 12.3. The molecule has 0 aliphatic heterocycles. The van der Waals surface area contributed by atoms with Gasteiger partial charge in [-0.15, -0.1) is 11.3 Å². The SMILES string of the molecule is CC1(C)c2ccc(-c3cc(N(c4ccccc4)c4ccc(-c5ccccc5)cc4)cc(N(c4ccccc4)c4ccc(-c5cccc6c5sc5ccccc56)cc4)c3)cc2-c2c1ccc1ccccc21.PS. The Kier molecular flexibility index (Phi) is 12.1. The zero-order chi connectivity index (χ0) is 48.8. The van der Waals surface area contributed by atoms with Crippen LogP contribution in [0.1, 0.15) is 25.0 Å². The van der Waals surface area contributed by atoms with E-state index in [4.69, 9.17) is 0 Å². The molecule has 0 fully saturated rings. The summed E-state index contributed by atoms with van der Waals surface area (Å²) in [5, 5.41) is 5.19. The Balaban J connectivity index is 0.00000262. The highest BCUT2D eigenvalue weighted by Crippen LogP contribution is 2.53. The van der Waals surface area contributed by atoms with Crippen LogP contribution in [-0.4, -0.2) is 0 Å². The van der Waals surface area contributed by atoms with Gasteiger partial charge in [-0.2, -0.15) is 12.2 Å². The average molecular weight is 979 g/mol. The van der Waals surface area contributed by atoms with E-state index in [1.807, 2.05) is 11.3 Å². The fourth-order valence-electron chi connectivity index (χ4n) is 11.0. The standard InChI is InChI=1S/C67H48N2S.H3PS/c1-67(2)62-39-34-49(43-61(62)65-57-24-13-12-19-47(57)33-40-63(65)67)50-41-55(68(51-20-8-4-9-21-51)53-35-29-46(30-36-53)45-17-6-3-7-18-45)44-56(42-50)69(52-22-10-5-11-23-52)54-37-31-48(32-38-54)58-26-16-27-60-59-25-14-15-28-64(59)70-66(58)60;1-2/h3-44H,1-2H3;2H,1H2. The minimum absolute atomic E-state index is 0.130. The Morgan fingerprint density at radius 3 is 1.50 bits per heavy atom. The predicted molar refractivity (Wildman–Crippen MR) is 319 cm³/mol. The highest BCUT2D eigenvalue weighted by atomic mass is 32.7. The van der Waals surface area contributed by atoms with E-state index in [1.54, 1.807) is 0 Å². The molecule has 11 aromatic carbocycles. The summed E-state index contributed by atoms with van der Waals surface area (Å²) in [6, 6.07) is 93.6. The minimum atomic E-state index is -0.130. The van der Waals surface area contributed by atoms with Gasteiger partial charge in [-0.3, -0.25) is 0 Å². The van der Waals surface area contributed by atoms with E-state index in [0.29, 0.717) is 0 Å². The summed E-state index contributed by atoms with van der Waals surface area (Å²) in [7, 11) is 2.11. The largest absolute Gasteiger partial charge is 0.310 e. The van der Waals surface area contributed by atoms with Crippen molar-refractivity contribution in [2.45, 2.75) is 19.3 Å². The summed E-state index contributed by atoms with van der Waals surface area (Å²) in [6.07, 6.45) is 0. The minimum Gasteiger partial charge on any atom is -0.310 e. The van der Waals surface area contributed by atoms with Gasteiger partial charge in [0.2, 0.25) is 0 Å². The molecule has 0 N–H and O–H groups in total. The third-order valence-electron chi connectivity index (χ3n) is 14.4. The summed E-state index contributed by atoms with van der Waals surface area (Å²) in [6.45, 7) is 4.75. The smallest absolute Gasteiger partial charge is 0.0488 e. The third-order valence-corrected chi connectivity index (χ3v) is 15.6. The molecule has 1 heterocycles. The lowest BCUT2D eigenvalue weighted by Crippen LogP contribution is -2.15. The fourth-order valence-corrected chi connectivity index (χ4v) is 12.2. The summed E-state index contributed by atoms with van der Waals surface area (Å²) < 4.78 is 2.63. The van der Waals surface area contributed by atoms with Crippen LogP contribution < -0.4 is 9.80 Å². The Morgan fingerprint density at radius 2 is 0.847 bits per heavy atom. The van der Waals surface area contributed by atoms with Gasteiger partial charge in [-0.05, 0) is 145 Å². The van der Waals surface area contributed by atoms with Crippen molar-refractivity contribution in [1.29, 1.82) is 0 Å². The van der Waals surface area contributed by atoms with E-state index in [9.17, 15) is 0 Å². The van der Waals surface area contributed by atoms with Gasteiger partial charge in [0.25, 0.3) is 0 Å². The van der Waals surface area contributed by atoms with Gasteiger partial charge >= 0.3 is 0 Å². The molecule has 1 aliphatic rings. The van der Waals surface area contributed by atoms with E-state index in [1.165, 1.54) is 81.0 Å². The lowest BCUT2D eigenvalue weighted by atomic mass is 9.82. The topological polar surface area (TPSA) is 6.48 Å². The Morgan fingerprint density at radius 1 is 0.347 bits per heavy atom. The second-order valence-corrected chi connectivity index (χ2v) is 20.0. The number of para-hydroxylation sites is 2. The number of benzene rings is 11. The van der Waals surface area contributed by atoms with Gasteiger partial charge in [0, 0.05) is 59.7 Å². The van der Waals surface area contributed by atoms with Gasteiger partial charge in [-0.25, -0.2) is 0 Å². The van der Waals surface area contributed by atoms with Gasteiger partial charge in [0.15, 0.2) is 0 Å². The lowest BCUT2D eigenvalue weighted by Gasteiger charge is -2.30. The summed E-state index contributed by atoms with van der Waals surface area (Å²) in [4.78, 5) is 4.82. The van der Waals surface area contributed by atoms with Crippen LogP contribution in [0.3, 0.4) is 0 Å². The number of nitrogens with zero attached hydrogens (tertiary/aromatic N) is 2. The van der Waals surface area contributed by atoms with Crippen molar-refractivity contribution in [3.8, 4) is 44.5 Å².